The third kappa shape index (κ3) is 2.81. The zero-order valence-corrected chi connectivity index (χ0v) is 11.6. The van der Waals surface area contributed by atoms with E-state index in [1.54, 1.807) is 0 Å². The molecule has 2 unspecified atom stereocenters. The third-order valence-corrected chi connectivity index (χ3v) is 4.07. The standard InChI is InChI=1S/C15H20N2O3/c1-10-3-2-4-12(10)17-15(18)16-8-11-5-6-13-14(7-11)20-9-19-13/h5-7,10,12H,2-4,8-9H2,1H3,(H2,16,17,18). The van der Waals surface area contributed by atoms with E-state index in [1.165, 1.54) is 12.8 Å². The maximum Gasteiger partial charge on any atom is 0.315 e. The molecule has 1 fully saturated rings. The van der Waals surface area contributed by atoms with Crippen LogP contribution in [-0.2, 0) is 6.54 Å². The highest BCUT2D eigenvalue weighted by molar-refractivity contribution is 5.74. The van der Waals surface area contributed by atoms with Gasteiger partial charge in [-0.3, -0.25) is 0 Å². The van der Waals surface area contributed by atoms with Crippen molar-refractivity contribution in [2.75, 3.05) is 6.79 Å². The topological polar surface area (TPSA) is 59.6 Å². The Balaban J connectivity index is 1.50. The molecule has 2 N–H and O–H groups in total. The number of carbonyl (C=O) groups excluding carboxylic acids is 1. The molecule has 20 heavy (non-hydrogen) atoms. The average Bonchev–Trinajstić information content (AvgIpc) is 3.05. The summed E-state index contributed by atoms with van der Waals surface area (Å²) in [5.74, 6) is 2.08. The van der Waals surface area contributed by atoms with E-state index in [-0.39, 0.29) is 12.8 Å². The fourth-order valence-corrected chi connectivity index (χ4v) is 2.81. The monoisotopic (exact) mass is 276 g/mol. The largest absolute Gasteiger partial charge is 0.454 e. The molecule has 1 saturated carbocycles. The van der Waals surface area contributed by atoms with Gasteiger partial charge in [0.15, 0.2) is 11.5 Å². The fraction of sp³-hybridized carbons (Fsp3) is 0.533. The van der Waals surface area contributed by atoms with Gasteiger partial charge in [-0.2, -0.15) is 0 Å². The Hall–Kier alpha value is -1.91. The van der Waals surface area contributed by atoms with E-state index >= 15 is 0 Å². The van der Waals surface area contributed by atoms with Crippen molar-refractivity contribution in [3.05, 3.63) is 23.8 Å². The lowest BCUT2D eigenvalue weighted by Crippen LogP contribution is -2.42. The summed E-state index contributed by atoms with van der Waals surface area (Å²) in [6, 6.07) is 5.93. The highest BCUT2D eigenvalue weighted by atomic mass is 16.7. The lowest BCUT2D eigenvalue weighted by Gasteiger charge is -2.17. The van der Waals surface area contributed by atoms with Gasteiger partial charge in [0, 0.05) is 12.6 Å². The number of nitrogens with one attached hydrogen (secondary N) is 2. The van der Waals surface area contributed by atoms with Crippen LogP contribution in [0.1, 0.15) is 31.7 Å². The van der Waals surface area contributed by atoms with E-state index in [0.29, 0.717) is 18.5 Å². The molecule has 1 heterocycles. The quantitative estimate of drug-likeness (QED) is 0.891. The maximum atomic E-state index is 11.9. The summed E-state index contributed by atoms with van der Waals surface area (Å²) in [5, 5.41) is 5.94. The van der Waals surface area contributed by atoms with Crippen molar-refractivity contribution >= 4 is 6.03 Å². The zero-order valence-electron chi connectivity index (χ0n) is 11.6. The van der Waals surface area contributed by atoms with E-state index in [4.69, 9.17) is 9.47 Å². The van der Waals surface area contributed by atoms with Crippen molar-refractivity contribution in [1.82, 2.24) is 10.6 Å². The van der Waals surface area contributed by atoms with Crippen molar-refractivity contribution in [3.63, 3.8) is 0 Å². The third-order valence-electron chi connectivity index (χ3n) is 4.07. The van der Waals surface area contributed by atoms with Crippen LogP contribution >= 0.6 is 0 Å². The highest BCUT2D eigenvalue weighted by Gasteiger charge is 2.24. The van der Waals surface area contributed by atoms with Crippen LogP contribution in [0.25, 0.3) is 0 Å². The average molecular weight is 276 g/mol. The molecule has 0 saturated heterocycles. The summed E-state index contributed by atoms with van der Waals surface area (Å²) in [5.41, 5.74) is 1.00. The first kappa shape index (κ1) is 13.1. The maximum absolute atomic E-state index is 11.9. The second kappa shape index (κ2) is 5.61. The van der Waals surface area contributed by atoms with Crippen molar-refractivity contribution in [1.29, 1.82) is 0 Å². The summed E-state index contributed by atoms with van der Waals surface area (Å²) < 4.78 is 10.6. The number of hydrogen-bond donors (Lipinski definition) is 2. The van der Waals surface area contributed by atoms with Crippen LogP contribution in [0, 0.1) is 5.92 Å². The van der Waals surface area contributed by atoms with E-state index in [0.717, 1.165) is 23.5 Å². The Morgan fingerprint density at radius 2 is 2.15 bits per heavy atom. The van der Waals surface area contributed by atoms with Crippen molar-refractivity contribution < 1.29 is 14.3 Å². The number of benzene rings is 1. The Kier molecular flexibility index (Phi) is 3.67. The van der Waals surface area contributed by atoms with Crippen molar-refractivity contribution in [2.45, 2.75) is 38.8 Å². The molecule has 0 aromatic heterocycles. The number of hydrogen-bond acceptors (Lipinski definition) is 3. The second-order valence-corrected chi connectivity index (χ2v) is 5.53. The molecule has 1 aliphatic carbocycles. The molecule has 0 spiro atoms. The second-order valence-electron chi connectivity index (χ2n) is 5.53. The lowest BCUT2D eigenvalue weighted by molar-refractivity contribution is 0.174. The molecular weight excluding hydrogens is 256 g/mol. The van der Waals surface area contributed by atoms with Crippen LogP contribution in [0.15, 0.2) is 18.2 Å². The smallest absolute Gasteiger partial charge is 0.315 e. The Bertz CT molecular complexity index is 504. The van der Waals surface area contributed by atoms with Gasteiger partial charge in [0.1, 0.15) is 0 Å². The van der Waals surface area contributed by atoms with Crippen LogP contribution in [0.5, 0.6) is 11.5 Å². The molecule has 2 amide bonds. The molecule has 1 aromatic carbocycles. The minimum atomic E-state index is -0.0959. The van der Waals surface area contributed by atoms with Crippen LogP contribution in [0.3, 0.4) is 0 Å². The van der Waals surface area contributed by atoms with Gasteiger partial charge in [0.2, 0.25) is 6.79 Å². The number of rotatable bonds is 3. The normalized spacial score (nSPS) is 23.6. The van der Waals surface area contributed by atoms with E-state index in [2.05, 4.69) is 17.6 Å². The van der Waals surface area contributed by atoms with Gasteiger partial charge in [-0.1, -0.05) is 19.4 Å². The first-order valence-corrected chi connectivity index (χ1v) is 7.15. The summed E-state index contributed by atoms with van der Waals surface area (Å²) in [6.07, 6.45) is 3.49. The van der Waals surface area contributed by atoms with Gasteiger partial charge < -0.3 is 20.1 Å². The molecule has 5 heteroatoms. The minimum absolute atomic E-state index is 0.0959. The van der Waals surface area contributed by atoms with Gasteiger partial charge in [0.05, 0.1) is 0 Å². The molecule has 1 aliphatic heterocycles. The van der Waals surface area contributed by atoms with E-state index < -0.39 is 0 Å². The molecule has 2 aliphatic rings. The molecule has 0 radical (unpaired) electrons. The van der Waals surface area contributed by atoms with Gasteiger partial charge in [0.25, 0.3) is 0 Å². The number of amides is 2. The van der Waals surface area contributed by atoms with Crippen molar-refractivity contribution in [3.8, 4) is 11.5 Å². The molecule has 0 bridgehead atoms. The minimum Gasteiger partial charge on any atom is -0.454 e. The number of ether oxygens (including phenoxy) is 2. The first-order chi connectivity index (χ1) is 9.72. The van der Waals surface area contributed by atoms with Gasteiger partial charge >= 0.3 is 6.03 Å². The summed E-state index contributed by atoms with van der Waals surface area (Å²) in [7, 11) is 0. The first-order valence-electron chi connectivity index (χ1n) is 7.15. The van der Waals surface area contributed by atoms with Gasteiger partial charge in [-0.15, -0.1) is 0 Å². The lowest BCUT2D eigenvalue weighted by atomic mass is 10.1. The van der Waals surface area contributed by atoms with Crippen LogP contribution in [-0.4, -0.2) is 18.9 Å². The zero-order chi connectivity index (χ0) is 13.9. The highest BCUT2D eigenvalue weighted by Crippen LogP contribution is 2.32. The van der Waals surface area contributed by atoms with Gasteiger partial charge in [-0.05, 0) is 36.5 Å². The van der Waals surface area contributed by atoms with E-state index in [9.17, 15) is 4.79 Å². The molecule has 2 atom stereocenters. The van der Waals surface area contributed by atoms with Crippen LogP contribution < -0.4 is 20.1 Å². The van der Waals surface area contributed by atoms with Gasteiger partial charge in [-0.25, -0.2) is 4.79 Å². The number of urea groups is 1. The summed E-state index contributed by atoms with van der Waals surface area (Å²) in [4.78, 5) is 11.9. The fourth-order valence-electron chi connectivity index (χ4n) is 2.81. The summed E-state index contributed by atoms with van der Waals surface area (Å²) >= 11 is 0. The Morgan fingerprint density at radius 3 is 2.95 bits per heavy atom. The molecule has 3 rings (SSSR count). The summed E-state index contributed by atoms with van der Waals surface area (Å²) in [6.45, 7) is 2.95. The SMILES string of the molecule is CC1CCCC1NC(=O)NCc1ccc2c(c1)OCO2. The molecular formula is C15H20N2O3. The molecule has 5 nitrogen and oxygen atoms in total. The molecule has 1 aromatic rings. The predicted molar refractivity (Wildman–Crippen MR) is 74.7 cm³/mol. The van der Waals surface area contributed by atoms with Crippen LogP contribution in [0.2, 0.25) is 0 Å². The Morgan fingerprint density at radius 1 is 1.30 bits per heavy atom. The predicted octanol–water partition coefficient (Wildman–Crippen LogP) is 2.40. The number of carbonyl (C=O) groups is 1. The van der Waals surface area contributed by atoms with Crippen molar-refractivity contribution in [2.24, 2.45) is 5.92 Å². The van der Waals surface area contributed by atoms with Crippen LogP contribution in [0.4, 0.5) is 4.79 Å². The van der Waals surface area contributed by atoms with E-state index in [1.807, 2.05) is 18.2 Å². The number of fused-ring (bicyclic) bond motifs is 1. The molecule has 108 valence electrons. The Labute approximate surface area is 118 Å².